The largest absolute Gasteiger partial charge is 0.491 e. The second-order valence-corrected chi connectivity index (χ2v) is 4.72. The van der Waals surface area contributed by atoms with Crippen LogP contribution in [-0.4, -0.2) is 13.2 Å². The summed E-state index contributed by atoms with van der Waals surface area (Å²) < 4.78 is 5.76. The van der Waals surface area contributed by atoms with Crippen molar-refractivity contribution in [2.24, 2.45) is 5.41 Å². The van der Waals surface area contributed by atoms with E-state index in [-0.39, 0.29) is 0 Å². The van der Waals surface area contributed by atoms with E-state index in [9.17, 15) is 0 Å². The summed E-state index contributed by atoms with van der Waals surface area (Å²) in [5.74, 6) is 0.890. The molecule has 1 aliphatic heterocycles. The third-order valence-corrected chi connectivity index (χ3v) is 3.32. The van der Waals surface area contributed by atoms with Gasteiger partial charge in [0.1, 0.15) is 5.75 Å². The summed E-state index contributed by atoms with van der Waals surface area (Å²) in [6, 6.07) is 5.76. The van der Waals surface area contributed by atoms with Gasteiger partial charge in [-0.05, 0) is 25.0 Å². The predicted molar refractivity (Wildman–Crippen MR) is 57.1 cm³/mol. The van der Waals surface area contributed by atoms with Crippen molar-refractivity contribution in [3.63, 3.8) is 0 Å². The van der Waals surface area contributed by atoms with E-state index in [1.807, 2.05) is 18.2 Å². The van der Waals surface area contributed by atoms with Gasteiger partial charge in [0.15, 0.2) is 0 Å². The second-order valence-electron chi connectivity index (χ2n) is 4.28. The molecule has 3 heteroatoms. The molecule has 1 saturated carbocycles. The molecule has 2 nitrogen and oxygen atoms in total. The number of ether oxygens (including phenoxy) is 1. The van der Waals surface area contributed by atoms with E-state index >= 15 is 0 Å². The van der Waals surface area contributed by atoms with Crippen LogP contribution in [0.2, 0.25) is 5.02 Å². The molecule has 1 N–H and O–H groups in total. The first-order chi connectivity index (χ1) is 6.77. The Morgan fingerprint density at radius 2 is 2.21 bits per heavy atom. The van der Waals surface area contributed by atoms with Crippen LogP contribution in [0, 0.1) is 5.41 Å². The number of anilines is 1. The highest BCUT2D eigenvalue weighted by Crippen LogP contribution is 2.48. The highest BCUT2D eigenvalue weighted by atomic mass is 35.5. The van der Waals surface area contributed by atoms with Gasteiger partial charge in [-0.25, -0.2) is 0 Å². The molecule has 0 atom stereocenters. The standard InChI is InChI=1S/C11H12ClNO/c12-8-1-2-9-10(5-8)14-7-11(3-4-11)6-13-9/h1-2,5,13H,3-4,6-7H2. The minimum Gasteiger partial charge on any atom is -0.491 e. The molecule has 1 heterocycles. The first-order valence-electron chi connectivity index (χ1n) is 4.94. The molecule has 1 spiro atoms. The Hall–Kier alpha value is -0.890. The minimum absolute atomic E-state index is 0.408. The normalized spacial score (nSPS) is 21.8. The molecule has 0 amide bonds. The van der Waals surface area contributed by atoms with Crippen molar-refractivity contribution in [2.45, 2.75) is 12.8 Å². The summed E-state index contributed by atoms with van der Waals surface area (Å²) in [6.45, 7) is 1.86. The number of halogens is 1. The van der Waals surface area contributed by atoms with Gasteiger partial charge >= 0.3 is 0 Å². The summed E-state index contributed by atoms with van der Waals surface area (Å²) >= 11 is 5.91. The van der Waals surface area contributed by atoms with Gasteiger partial charge in [-0.2, -0.15) is 0 Å². The number of hydrogen-bond acceptors (Lipinski definition) is 2. The van der Waals surface area contributed by atoms with E-state index in [1.165, 1.54) is 12.8 Å². The van der Waals surface area contributed by atoms with Crippen LogP contribution < -0.4 is 10.1 Å². The SMILES string of the molecule is Clc1ccc2c(c1)OCC1(CC1)CN2. The van der Waals surface area contributed by atoms with Crippen molar-refractivity contribution in [1.82, 2.24) is 0 Å². The zero-order valence-corrected chi connectivity index (χ0v) is 8.60. The number of fused-ring (bicyclic) bond motifs is 1. The van der Waals surface area contributed by atoms with Crippen LogP contribution in [0.1, 0.15) is 12.8 Å². The molecule has 0 unspecified atom stereocenters. The maximum absolute atomic E-state index is 5.91. The quantitative estimate of drug-likeness (QED) is 0.710. The molecule has 1 fully saturated rings. The topological polar surface area (TPSA) is 21.3 Å². The molecular formula is C11H12ClNO. The van der Waals surface area contributed by atoms with Gasteiger partial charge in [-0.1, -0.05) is 11.6 Å². The van der Waals surface area contributed by atoms with Crippen LogP contribution in [0.4, 0.5) is 5.69 Å². The van der Waals surface area contributed by atoms with Crippen LogP contribution in [0.25, 0.3) is 0 Å². The molecule has 1 aromatic rings. The summed E-state index contributed by atoms with van der Waals surface area (Å²) in [6.07, 6.45) is 2.56. The lowest BCUT2D eigenvalue weighted by Crippen LogP contribution is -2.18. The van der Waals surface area contributed by atoms with Gasteiger partial charge in [0.05, 0.1) is 12.3 Å². The van der Waals surface area contributed by atoms with E-state index in [4.69, 9.17) is 16.3 Å². The first kappa shape index (κ1) is 8.42. The summed E-state index contributed by atoms with van der Waals surface area (Å²) in [4.78, 5) is 0. The predicted octanol–water partition coefficient (Wildman–Crippen LogP) is 2.92. The molecule has 0 bridgehead atoms. The Morgan fingerprint density at radius 1 is 1.36 bits per heavy atom. The lowest BCUT2D eigenvalue weighted by molar-refractivity contribution is 0.251. The molecule has 1 aromatic carbocycles. The van der Waals surface area contributed by atoms with Gasteiger partial charge in [0, 0.05) is 23.0 Å². The van der Waals surface area contributed by atoms with Crippen molar-refractivity contribution in [3.8, 4) is 5.75 Å². The van der Waals surface area contributed by atoms with Crippen LogP contribution >= 0.6 is 11.6 Å². The molecule has 2 aliphatic rings. The maximum Gasteiger partial charge on any atom is 0.143 e. The third kappa shape index (κ3) is 1.34. The van der Waals surface area contributed by atoms with Crippen molar-refractivity contribution in [1.29, 1.82) is 0 Å². The number of nitrogens with one attached hydrogen (secondary N) is 1. The van der Waals surface area contributed by atoms with Crippen molar-refractivity contribution in [3.05, 3.63) is 23.2 Å². The Kier molecular flexibility index (Phi) is 1.68. The molecule has 74 valence electrons. The average Bonchev–Trinajstić information content (AvgIpc) is 2.96. The molecule has 14 heavy (non-hydrogen) atoms. The Bertz CT molecular complexity index is 374. The van der Waals surface area contributed by atoms with Crippen molar-refractivity contribution < 1.29 is 4.74 Å². The van der Waals surface area contributed by atoms with E-state index in [2.05, 4.69) is 5.32 Å². The average molecular weight is 210 g/mol. The zero-order chi connectivity index (χ0) is 9.60. The van der Waals surface area contributed by atoms with Crippen molar-refractivity contribution in [2.75, 3.05) is 18.5 Å². The van der Waals surface area contributed by atoms with Gasteiger partial charge in [-0.3, -0.25) is 0 Å². The van der Waals surface area contributed by atoms with E-state index < -0.39 is 0 Å². The number of hydrogen-bond donors (Lipinski definition) is 1. The fourth-order valence-corrected chi connectivity index (χ4v) is 1.99. The molecule has 1 aliphatic carbocycles. The van der Waals surface area contributed by atoms with Crippen LogP contribution in [0.5, 0.6) is 5.75 Å². The molecule has 3 rings (SSSR count). The number of benzene rings is 1. The third-order valence-electron chi connectivity index (χ3n) is 3.09. The Labute approximate surface area is 88.2 Å². The summed E-state index contributed by atoms with van der Waals surface area (Å²) in [7, 11) is 0. The van der Waals surface area contributed by atoms with E-state index in [0.29, 0.717) is 5.41 Å². The highest BCUT2D eigenvalue weighted by molar-refractivity contribution is 6.30. The van der Waals surface area contributed by atoms with E-state index in [0.717, 1.165) is 29.6 Å². The van der Waals surface area contributed by atoms with Gasteiger partial charge < -0.3 is 10.1 Å². The smallest absolute Gasteiger partial charge is 0.143 e. The molecule has 0 saturated heterocycles. The lowest BCUT2D eigenvalue weighted by Gasteiger charge is -2.09. The second kappa shape index (κ2) is 2.80. The van der Waals surface area contributed by atoms with Crippen LogP contribution in [0.15, 0.2) is 18.2 Å². The van der Waals surface area contributed by atoms with Gasteiger partial charge in [0.2, 0.25) is 0 Å². The summed E-state index contributed by atoms with van der Waals surface area (Å²) in [5, 5.41) is 4.16. The first-order valence-corrected chi connectivity index (χ1v) is 5.32. The van der Waals surface area contributed by atoms with Crippen LogP contribution in [-0.2, 0) is 0 Å². The maximum atomic E-state index is 5.91. The van der Waals surface area contributed by atoms with Gasteiger partial charge in [0.25, 0.3) is 0 Å². The Morgan fingerprint density at radius 3 is 3.00 bits per heavy atom. The molecule has 0 aromatic heterocycles. The fourth-order valence-electron chi connectivity index (χ4n) is 1.82. The molecular weight excluding hydrogens is 198 g/mol. The van der Waals surface area contributed by atoms with Crippen molar-refractivity contribution >= 4 is 17.3 Å². The monoisotopic (exact) mass is 209 g/mol. The molecule has 0 radical (unpaired) electrons. The van der Waals surface area contributed by atoms with E-state index in [1.54, 1.807) is 0 Å². The fraction of sp³-hybridized carbons (Fsp3) is 0.455. The minimum atomic E-state index is 0.408. The Balaban J connectivity index is 1.93. The lowest BCUT2D eigenvalue weighted by atomic mass is 10.1. The summed E-state index contributed by atoms with van der Waals surface area (Å²) in [5.41, 5.74) is 1.48. The number of rotatable bonds is 0. The highest BCUT2D eigenvalue weighted by Gasteiger charge is 2.44. The zero-order valence-electron chi connectivity index (χ0n) is 7.85. The van der Waals surface area contributed by atoms with Crippen LogP contribution in [0.3, 0.4) is 0 Å². The van der Waals surface area contributed by atoms with Gasteiger partial charge in [-0.15, -0.1) is 0 Å².